The van der Waals surface area contributed by atoms with Crippen LogP contribution in [0, 0.1) is 62.3 Å². The molecule has 0 N–H and O–H groups in total. The third kappa shape index (κ3) is 13.0. The van der Waals surface area contributed by atoms with Gasteiger partial charge >= 0.3 is 0 Å². The maximum Gasteiger partial charge on any atom is 0.191 e. The lowest BCUT2D eigenvalue weighted by molar-refractivity contribution is 0.492. The van der Waals surface area contributed by atoms with Gasteiger partial charge in [0.15, 0.2) is 5.89 Å². The first-order chi connectivity index (χ1) is 19.3. The molecular weight excluding hydrogens is 571 g/mol. The second-order valence-corrected chi connectivity index (χ2v) is 14.7. The second-order valence-electron chi connectivity index (χ2n) is 12.0. The quantitative estimate of drug-likeness (QED) is 0.223. The first-order valence-corrected chi connectivity index (χ1v) is 16.6. The van der Waals surface area contributed by atoms with Gasteiger partial charge in [-0.3, -0.25) is 0 Å². The fourth-order valence-electron chi connectivity index (χ4n) is 4.26. The third-order valence-electron chi connectivity index (χ3n) is 6.60. The van der Waals surface area contributed by atoms with Crippen LogP contribution in [0.5, 0.6) is 0 Å². The van der Waals surface area contributed by atoms with Crippen LogP contribution in [0.4, 0.5) is 0 Å². The summed E-state index contributed by atoms with van der Waals surface area (Å²) in [5.41, 5.74) is 7.05. The molecule has 0 unspecified atom stereocenters. The zero-order valence-corrected chi connectivity index (χ0v) is 30.9. The van der Waals surface area contributed by atoms with Crippen LogP contribution in [0.15, 0.2) is 4.42 Å². The Bertz CT molecular complexity index is 1320. The van der Waals surface area contributed by atoms with E-state index < -0.39 is 0 Å². The number of hydrogen-bond acceptors (Lipinski definition) is 8. The van der Waals surface area contributed by atoms with Gasteiger partial charge in [0.2, 0.25) is 0 Å². The van der Waals surface area contributed by atoms with Crippen LogP contribution in [0.2, 0.25) is 0 Å². The van der Waals surface area contributed by atoms with E-state index in [-0.39, 0.29) is 7.43 Å². The average Bonchev–Trinajstić information content (AvgIpc) is 3.52. The van der Waals surface area contributed by atoms with E-state index in [0.717, 1.165) is 28.9 Å². The lowest BCUT2D eigenvalue weighted by Crippen LogP contribution is -2.03. The van der Waals surface area contributed by atoms with Crippen LogP contribution >= 0.6 is 22.7 Å². The van der Waals surface area contributed by atoms with E-state index >= 15 is 0 Å². The summed E-state index contributed by atoms with van der Waals surface area (Å²) < 4.78 is 5.26. The van der Waals surface area contributed by atoms with Crippen molar-refractivity contribution in [3.05, 3.63) is 71.3 Å². The van der Waals surface area contributed by atoms with Gasteiger partial charge in [0.25, 0.3) is 0 Å². The van der Waals surface area contributed by atoms with Gasteiger partial charge in [0.1, 0.15) is 11.6 Å². The van der Waals surface area contributed by atoms with Gasteiger partial charge in [-0.1, -0.05) is 62.8 Å². The standard InChI is InChI=1S/C10H16N2.C8H13NO.2C8H13NS.CH4/c1-6(2)10-7(3)8(4)11-9(5)12-10;2*1-5(2)8-6(3)10-7(4)9-8;1-5(2)8-9-6(3)7(4)10-8;/h6H,1-5H3;3*5H,1-4H3;1H4. The Labute approximate surface area is 271 Å². The van der Waals surface area contributed by atoms with E-state index in [0.29, 0.717) is 23.7 Å². The molecule has 0 aliphatic rings. The van der Waals surface area contributed by atoms with Crippen molar-refractivity contribution in [3.8, 4) is 0 Å². The van der Waals surface area contributed by atoms with Crippen molar-refractivity contribution < 1.29 is 4.42 Å². The molecule has 0 saturated carbocycles. The number of rotatable bonds is 4. The first-order valence-electron chi connectivity index (χ1n) is 15.0. The molecule has 0 fully saturated rings. The lowest BCUT2D eigenvalue weighted by Gasteiger charge is -2.10. The van der Waals surface area contributed by atoms with Gasteiger partial charge in [-0.15, -0.1) is 22.7 Å². The van der Waals surface area contributed by atoms with Crippen molar-refractivity contribution in [2.45, 2.75) is 149 Å². The van der Waals surface area contributed by atoms with Crippen molar-refractivity contribution in [2.75, 3.05) is 0 Å². The fraction of sp³-hybridized carbons (Fsp3) is 0.629. The summed E-state index contributed by atoms with van der Waals surface area (Å²) in [6, 6.07) is 0. The van der Waals surface area contributed by atoms with Crippen LogP contribution in [0.3, 0.4) is 0 Å². The monoisotopic (exact) mass is 629 g/mol. The van der Waals surface area contributed by atoms with Crippen molar-refractivity contribution >= 4 is 22.7 Å². The predicted octanol–water partition coefficient (Wildman–Crippen LogP) is 11.3. The SMILES string of the molecule is C.Cc1nc(C(C)C)c(C)o1.Cc1nc(C(C)C)c(C)s1.Cc1nc(C(C)C)sc1C.Cc1nc(C)c(C)c(C(C)C)n1. The highest BCUT2D eigenvalue weighted by Crippen LogP contribution is 2.24. The Morgan fingerprint density at radius 3 is 1.33 bits per heavy atom. The van der Waals surface area contributed by atoms with Gasteiger partial charge in [-0.2, -0.15) is 0 Å². The van der Waals surface area contributed by atoms with Crippen LogP contribution < -0.4 is 0 Å². The molecule has 0 aromatic carbocycles. The smallest absolute Gasteiger partial charge is 0.191 e. The van der Waals surface area contributed by atoms with Crippen LogP contribution in [-0.2, 0) is 0 Å². The minimum absolute atomic E-state index is 0. The maximum absolute atomic E-state index is 5.26. The number of aryl methyl sites for hydroxylation is 8. The Kier molecular flexibility index (Phi) is 17.3. The Hall–Kier alpha value is -2.45. The Morgan fingerprint density at radius 2 is 1.05 bits per heavy atom. The van der Waals surface area contributed by atoms with E-state index in [1.54, 1.807) is 11.3 Å². The molecule has 0 aliphatic heterocycles. The maximum atomic E-state index is 5.26. The van der Waals surface area contributed by atoms with E-state index in [4.69, 9.17) is 4.42 Å². The molecule has 0 bridgehead atoms. The molecule has 43 heavy (non-hydrogen) atoms. The minimum Gasteiger partial charge on any atom is -0.446 e. The highest BCUT2D eigenvalue weighted by Gasteiger charge is 2.10. The molecule has 0 saturated heterocycles. The Morgan fingerprint density at radius 1 is 0.512 bits per heavy atom. The van der Waals surface area contributed by atoms with E-state index in [9.17, 15) is 0 Å². The fourth-order valence-corrected chi connectivity index (χ4v) is 6.16. The highest BCUT2D eigenvalue weighted by atomic mass is 32.1. The number of oxazole rings is 1. The number of thiazole rings is 2. The number of aromatic nitrogens is 5. The summed E-state index contributed by atoms with van der Waals surface area (Å²) in [5, 5.41) is 2.44. The Balaban J connectivity index is 0.000000544. The average molecular weight is 630 g/mol. The molecular formula is C35H59N5OS2. The normalized spacial score (nSPS) is 10.6. The van der Waals surface area contributed by atoms with Crippen LogP contribution in [0.25, 0.3) is 0 Å². The molecule has 4 aromatic rings. The first kappa shape index (κ1) is 40.5. The molecule has 0 spiro atoms. The summed E-state index contributed by atoms with van der Waals surface area (Å²) in [7, 11) is 0. The molecule has 4 aromatic heterocycles. The number of nitrogens with zero attached hydrogens (tertiary/aromatic N) is 5. The summed E-state index contributed by atoms with van der Waals surface area (Å²) in [6.45, 7) is 35.6. The van der Waals surface area contributed by atoms with Gasteiger partial charge in [-0.25, -0.2) is 24.9 Å². The number of hydrogen-bond donors (Lipinski definition) is 0. The molecule has 0 amide bonds. The van der Waals surface area contributed by atoms with Gasteiger partial charge in [0, 0.05) is 34.0 Å². The molecule has 4 heterocycles. The highest BCUT2D eigenvalue weighted by molar-refractivity contribution is 7.12. The zero-order valence-electron chi connectivity index (χ0n) is 29.3. The summed E-state index contributed by atoms with van der Waals surface area (Å²) >= 11 is 3.60. The lowest BCUT2D eigenvalue weighted by atomic mass is 10.0. The van der Waals surface area contributed by atoms with Crippen LogP contribution in [0.1, 0.15) is 158 Å². The predicted molar refractivity (Wildman–Crippen MR) is 188 cm³/mol. The van der Waals surface area contributed by atoms with Crippen molar-refractivity contribution in [2.24, 2.45) is 0 Å². The molecule has 4 rings (SSSR count). The zero-order chi connectivity index (χ0) is 32.5. The molecule has 8 heteroatoms. The van der Waals surface area contributed by atoms with Crippen molar-refractivity contribution in [1.82, 2.24) is 24.9 Å². The van der Waals surface area contributed by atoms with Crippen molar-refractivity contribution in [1.29, 1.82) is 0 Å². The second kappa shape index (κ2) is 18.4. The van der Waals surface area contributed by atoms with E-state index in [2.05, 4.69) is 115 Å². The molecule has 0 aliphatic carbocycles. The van der Waals surface area contributed by atoms with Crippen molar-refractivity contribution in [3.63, 3.8) is 0 Å². The van der Waals surface area contributed by atoms with Gasteiger partial charge in [0.05, 0.1) is 27.1 Å². The summed E-state index contributed by atoms with van der Waals surface area (Å²) in [5.74, 6) is 4.71. The molecule has 6 nitrogen and oxygen atoms in total. The third-order valence-corrected chi connectivity index (χ3v) is 8.87. The molecule has 0 atom stereocenters. The van der Waals surface area contributed by atoms with Crippen LogP contribution in [-0.4, -0.2) is 24.9 Å². The summed E-state index contributed by atoms with van der Waals surface area (Å²) in [6.07, 6.45) is 0. The van der Waals surface area contributed by atoms with Gasteiger partial charge < -0.3 is 4.42 Å². The van der Waals surface area contributed by atoms with E-state index in [1.807, 2.05) is 39.0 Å². The largest absolute Gasteiger partial charge is 0.446 e. The summed E-state index contributed by atoms with van der Waals surface area (Å²) in [4.78, 5) is 24.5. The van der Waals surface area contributed by atoms with E-state index in [1.165, 1.54) is 42.4 Å². The topological polar surface area (TPSA) is 77.6 Å². The minimum atomic E-state index is 0. The molecule has 242 valence electrons. The molecule has 0 radical (unpaired) electrons. The van der Waals surface area contributed by atoms with Gasteiger partial charge in [-0.05, 0) is 78.7 Å².